The first-order valence-corrected chi connectivity index (χ1v) is 9.72. The molecule has 160 valence electrons. The summed E-state index contributed by atoms with van der Waals surface area (Å²) in [7, 11) is 1.62. The molecule has 3 aromatic carbocycles. The third kappa shape index (κ3) is 6.58. The topological polar surface area (TPSA) is 99.9 Å². The highest BCUT2D eigenvalue weighted by atomic mass is 16.5. The second kappa shape index (κ2) is 10.8. The van der Waals surface area contributed by atoms with Gasteiger partial charge in [0.05, 0.1) is 6.61 Å². The highest BCUT2D eigenvalue weighted by Gasteiger charge is 2.07. The molecule has 31 heavy (non-hydrogen) atoms. The van der Waals surface area contributed by atoms with E-state index < -0.39 is 5.91 Å². The van der Waals surface area contributed by atoms with Crippen molar-refractivity contribution in [2.45, 2.75) is 6.54 Å². The number of carbonyl (C=O) groups is 2. The van der Waals surface area contributed by atoms with Gasteiger partial charge in [-0.1, -0.05) is 12.1 Å². The second-order valence-electron chi connectivity index (χ2n) is 6.69. The van der Waals surface area contributed by atoms with E-state index >= 15 is 0 Å². The van der Waals surface area contributed by atoms with Crippen LogP contribution in [0.25, 0.3) is 0 Å². The van der Waals surface area contributed by atoms with Crippen molar-refractivity contribution in [1.82, 2.24) is 5.32 Å². The summed E-state index contributed by atoms with van der Waals surface area (Å²) in [4.78, 5) is 23.6. The van der Waals surface area contributed by atoms with E-state index in [0.29, 0.717) is 42.4 Å². The fraction of sp³-hybridized carbons (Fsp3) is 0.167. The van der Waals surface area contributed by atoms with Gasteiger partial charge in [-0.2, -0.15) is 0 Å². The maximum Gasteiger partial charge on any atom is 0.251 e. The molecule has 0 bridgehead atoms. The average molecular weight is 420 g/mol. The van der Waals surface area contributed by atoms with E-state index in [4.69, 9.17) is 19.9 Å². The van der Waals surface area contributed by atoms with Crippen molar-refractivity contribution in [3.8, 4) is 17.2 Å². The minimum atomic E-state index is -0.493. The van der Waals surface area contributed by atoms with E-state index in [1.165, 1.54) is 0 Å². The van der Waals surface area contributed by atoms with Gasteiger partial charge in [-0.3, -0.25) is 9.59 Å². The van der Waals surface area contributed by atoms with Crippen LogP contribution in [-0.4, -0.2) is 32.1 Å². The molecule has 0 aliphatic rings. The van der Waals surface area contributed by atoms with Crippen LogP contribution in [0.3, 0.4) is 0 Å². The van der Waals surface area contributed by atoms with E-state index in [-0.39, 0.29) is 5.91 Å². The number of methoxy groups -OCH3 is 1. The number of benzene rings is 3. The molecular weight excluding hydrogens is 396 g/mol. The van der Waals surface area contributed by atoms with Crippen molar-refractivity contribution in [1.29, 1.82) is 0 Å². The summed E-state index contributed by atoms with van der Waals surface area (Å²) in [6.45, 7) is 1.36. The Morgan fingerprint density at radius 2 is 1.48 bits per heavy atom. The number of primary amides is 1. The molecule has 3 rings (SSSR count). The Balaban J connectivity index is 1.53. The summed E-state index contributed by atoms with van der Waals surface area (Å²) < 4.78 is 16.3. The zero-order valence-corrected chi connectivity index (χ0v) is 17.2. The van der Waals surface area contributed by atoms with Crippen molar-refractivity contribution in [2.75, 3.05) is 20.3 Å². The van der Waals surface area contributed by atoms with E-state index in [0.717, 1.165) is 11.3 Å². The molecule has 0 saturated heterocycles. The molecule has 7 heteroatoms. The summed E-state index contributed by atoms with van der Waals surface area (Å²) in [5.74, 6) is 1.18. The fourth-order valence-corrected chi connectivity index (χ4v) is 2.77. The molecule has 0 aromatic heterocycles. The van der Waals surface area contributed by atoms with Crippen LogP contribution in [-0.2, 0) is 11.3 Å². The smallest absolute Gasteiger partial charge is 0.251 e. The fourth-order valence-electron chi connectivity index (χ4n) is 2.77. The molecular formula is C24H24N2O5. The van der Waals surface area contributed by atoms with Gasteiger partial charge < -0.3 is 25.3 Å². The van der Waals surface area contributed by atoms with Crippen LogP contribution in [0.15, 0.2) is 72.8 Å². The van der Waals surface area contributed by atoms with Gasteiger partial charge in [0.2, 0.25) is 5.91 Å². The Hall–Kier alpha value is -3.84. The maximum atomic E-state index is 12.4. The van der Waals surface area contributed by atoms with Gasteiger partial charge in [0, 0.05) is 24.8 Å². The number of amides is 2. The number of hydrogen-bond donors (Lipinski definition) is 2. The van der Waals surface area contributed by atoms with E-state index in [2.05, 4.69) is 5.32 Å². The van der Waals surface area contributed by atoms with Gasteiger partial charge in [0.15, 0.2) is 0 Å². The molecule has 0 saturated carbocycles. The quantitative estimate of drug-likeness (QED) is 0.489. The Kier molecular flexibility index (Phi) is 7.61. The van der Waals surface area contributed by atoms with Crippen LogP contribution in [0.1, 0.15) is 26.3 Å². The normalized spacial score (nSPS) is 10.4. The molecule has 0 unspecified atom stereocenters. The van der Waals surface area contributed by atoms with Gasteiger partial charge in [-0.25, -0.2) is 0 Å². The van der Waals surface area contributed by atoms with Crippen LogP contribution < -0.4 is 20.5 Å². The number of rotatable bonds is 10. The van der Waals surface area contributed by atoms with Crippen LogP contribution in [0, 0.1) is 0 Å². The molecule has 3 N–H and O–H groups in total. The van der Waals surface area contributed by atoms with E-state index in [1.807, 2.05) is 24.3 Å². The highest BCUT2D eigenvalue weighted by Crippen LogP contribution is 2.22. The minimum Gasteiger partial charge on any atom is -0.491 e. The zero-order chi connectivity index (χ0) is 22.1. The lowest BCUT2D eigenvalue weighted by molar-refractivity contribution is 0.0949. The average Bonchev–Trinajstić information content (AvgIpc) is 2.79. The Labute approximate surface area is 180 Å². The highest BCUT2D eigenvalue weighted by molar-refractivity contribution is 5.94. The molecule has 7 nitrogen and oxygen atoms in total. The standard InChI is InChI=1S/C24H24N2O5/c1-29-13-14-30-22-4-2-3-17(15-22)16-26-24(28)19-7-11-21(12-8-19)31-20-9-5-18(6-10-20)23(25)27/h2-12,15H,13-14,16H2,1H3,(H2,25,27)(H,26,28). The lowest BCUT2D eigenvalue weighted by atomic mass is 10.1. The van der Waals surface area contributed by atoms with Crippen molar-refractivity contribution >= 4 is 11.8 Å². The van der Waals surface area contributed by atoms with Crippen LogP contribution >= 0.6 is 0 Å². The first-order chi connectivity index (χ1) is 15.0. The summed E-state index contributed by atoms with van der Waals surface area (Å²) in [6, 6.07) is 20.9. The summed E-state index contributed by atoms with van der Waals surface area (Å²) in [5, 5.41) is 2.89. The molecule has 0 aliphatic carbocycles. The van der Waals surface area contributed by atoms with Gasteiger partial charge >= 0.3 is 0 Å². The Bertz CT molecular complexity index is 1020. The lowest BCUT2D eigenvalue weighted by Gasteiger charge is -2.10. The molecule has 0 fully saturated rings. The molecule has 0 aliphatic heterocycles. The number of nitrogens with two attached hydrogens (primary N) is 1. The maximum absolute atomic E-state index is 12.4. The van der Waals surface area contributed by atoms with Crippen LogP contribution in [0.4, 0.5) is 0 Å². The predicted octanol–water partition coefficient (Wildman–Crippen LogP) is 3.53. The third-order valence-electron chi connectivity index (χ3n) is 4.40. The number of carbonyl (C=O) groups excluding carboxylic acids is 2. The first-order valence-electron chi connectivity index (χ1n) is 9.72. The van der Waals surface area contributed by atoms with Crippen molar-refractivity contribution in [3.05, 3.63) is 89.5 Å². The zero-order valence-electron chi connectivity index (χ0n) is 17.2. The molecule has 0 radical (unpaired) electrons. The van der Waals surface area contributed by atoms with Crippen LogP contribution in [0.2, 0.25) is 0 Å². The molecule has 0 heterocycles. The number of ether oxygens (including phenoxy) is 3. The van der Waals surface area contributed by atoms with Gasteiger partial charge in [0.25, 0.3) is 5.91 Å². The molecule has 2 amide bonds. The third-order valence-corrected chi connectivity index (χ3v) is 4.40. The van der Waals surface area contributed by atoms with Crippen molar-refractivity contribution < 1.29 is 23.8 Å². The number of hydrogen-bond acceptors (Lipinski definition) is 5. The van der Waals surface area contributed by atoms with Gasteiger partial charge in [-0.15, -0.1) is 0 Å². The lowest BCUT2D eigenvalue weighted by Crippen LogP contribution is -2.22. The van der Waals surface area contributed by atoms with Crippen LogP contribution in [0.5, 0.6) is 17.2 Å². The summed E-state index contributed by atoms with van der Waals surface area (Å²) in [5.41, 5.74) is 7.09. The Morgan fingerprint density at radius 3 is 2.10 bits per heavy atom. The van der Waals surface area contributed by atoms with Crippen molar-refractivity contribution in [2.24, 2.45) is 5.73 Å². The molecule has 0 spiro atoms. The van der Waals surface area contributed by atoms with Gasteiger partial charge in [0.1, 0.15) is 23.9 Å². The summed E-state index contributed by atoms with van der Waals surface area (Å²) >= 11 is 0. The largest absolute Gasteiger partial charge is 0.491 e. The summed E-state index contributed by atoms with van der Waals surface area (Å²) in [6.07, 6.45) is 0. The molecule has 0 atom stereocenters. The predicted molar refractivity (Wildman–Crippen MR) is 116 cm³/mol. The minimum absolute atomic E-state index is 0.192. The van der Waals surface area contributed by atoms with E-state index in [1.54, 1.807) is 55.6 Å². The monoisotopic (exact) mass is 420 g/mol. The second-order valence-corrected chi connectivity index (χ2v) is 6.69. The molecule has 3 aromatic rings. The first kappa shape index (κ1) is 21.9. The number of nitrogens with one attached hydrogen (secondary N) is 1. The van der Waals surface area contributed by atoms with E-state index in [9.17, 15) is 9.59 Å². The SMILES string of the molecule is COCCOc1cccc(CNC(=O)c2ccc(Oc3ccc(C(N)=O)cc3)cc2)c1. The van der Waals surface area contributed by atoms with Crippen molar-refractivity contribution in [3.63, 3.8) is 0 Å². The Morgan fingerprint density at radius 1 is 0.839 bits per heavy atom. The van der Waals surface area contributed by atoms with Gasteiger partial charge in [-0.05, 0) is 66.2 Å².